The van der Waals surface area contributed by atoms with Gasteiger partial charge in [-0.15, -0.1) is 11.3 Å². The number of aromatic nitrogens is 4. The molecule has 0 unspecified atom stereocenters. The number of carbonyl (C=O) groups is 1. The maximum absolute atomic E-state index is 13.7. The van der Waals surface area contributed by atoms with Gasteiger partial charge < -0.3 is 19.3 Å². The van der Waals surface area contributed by atoms with Gasteiger partial charge in [0, 0.05) is 30.5 Å². The number of aliphatic hydroxyl groups excluding tert-OH is 1. The number of rotatable bonds is 6. The van der Waals surface area contributed by atoms with Crippen LogP contribution in [0.1, 0.15) is 0 Å². The molecule has 0 aliphatic rings. The van der Waals surface area contributed by atoms with Crippen molar-refractivity contribution >= 4 is 56.1 Å². The van der Waals surface area contributed by atoms with E-state index in [1.54, 1.807) is 53.9 Å². The Morgan fingerprint density at radius 1 is 1.10 bits per heavy atom. The third kappa shape index (κ3) is 4.95. The fourth-order valence-corrected chi connectivity index (χ4v) is 5.21. The number of benzene rings is 2. The lowest BCUT2D eigenvalue weighted by Crippen LogP contribution is -2.31. The van der Waals surface area contributed by atoms with E-state index in [1.807, 2.05) is 0 Å². The zero-order valence-corrected chi connectivity index (χ0v) is 21.9. The second-order valence-corrected chi connectivity index (χ2v) is 10.1. The van der Waals surface area contributed by atoms with E-state index < -0.39 is 23.7 Å². The molecule has 0 aliphatic carbocycles. The molecule has 0 bridgehead atoms. The third-order valence-corrected chi connectivity index (χ3v) is 7.17. The molecule has 9 nitrogen and oxygen atoms in total. The van der Waals surface area contributed by atoms with E-state index in [2.05, 4.69) is 14.7 Å². The molecule has 0 fully saturated rings. The lowest BCUT2D eigenvalue weighted by atomic mass is 10.2. The van der Waals surface area contributed by atoms with Crippen LogP contribution in [0, 0.1) is 0 Å². The van der Waals surface area contributed by atoms with Crippen molar-refractivity contribution in [1.29, 1.82) is 0 Å². The number of esters is 1. The fraction of sp³-hybridized carbons (Fsp3) is 0.200. The molecule has 0 saturated heterocycles. The van der Waals surface area contributed by atoms with Crippen LogP contribution in [0.25, 0.3) is 37.4 Å². The first-order valence-corrected chi connectivity index (χ1v) is 12.6. The Hall–Kier alpha value is -3.94. The van der Waals surface area contributed by atoms with E-state index in [-0.39, 0.29) is 29.1 Å². The summed E-state index contributed by atoms with van der Waals surface area (Å²) in [4.78, 5) is 36.5. The number of anilines is 1. The third-order valence-electron chi connectivity index (χ3n) is 5.75. The number of alkyl halides is 3. The lowest BCUT2D eigenvalue weighted by Gasteiger charge is -2.15. The van der Waals surface area contributed by atoms with Crippen LogP contribution in [-0.2, 0) is 11.3 Å². The van der Waals surface area contributed by atoms with E-state index in [1.165, 1.54) is 18.2 Å². The number of nitrogens with zero attached hydrogens (tertiary/aromatic N) is 5. The smallest absolute Gasteiger partial charge is 0.395 e. The van der Waals surface area contributed by atoms with Gasteiger partial charge in [0.25, 0.3) is 5.56 Å². The van der Waals surface area contributed by atoms with Crippen molar-refractivity contribution in [2.75, 3.05) is 25.6 Å². The van der Waals surface area contributed by atoms with E-state index in [0.29, 0.717) is 32.4 Å². The normalized spacial score (nSPS) is 11.9. The van der Waals surface area contributed by atoms with Crippen molar-refractivity contribution in [3.63, 3.8) is 0 Å². The highest BCUT2D eigenvalue weighted by molar-refractivity contribution is 7.22. The Bertz CT molecular complexity index is 1780. The monoisotopic (exact) mass is 577 g/mol. The van der Waals surface area contributed by atoms with Crippen LogP contribution in [0.5, 0.6) is 6.01 Å². The molecule has 5 rings (SSSR count). The number of ether oxygens (including phenoxy) is 1. The van der Waals surface area contributed by atoms with Gasteiger partial charge in [0.2, 0.25) is 5.95 Å². The first-order chi connectivity index (χ1) is 18.5. The maximum atomic E-state index is 13.7. The van der Waals surface area contributed by atoms with Gasteiger partial charge in [0.15, 0.2) is 0 Å². The lowest BCUT2D eigenvalue weighted by molar-refractivity contribution is -0.190. The zero-order valence-electron chi connectivity index (χ0n) is 20.4. The number of hydrogen-bond acceptors (Lipinski definition) is 8. The highest BCUT2D eigenvalue weighted by Crippen LogP contribution is 2.34. The van der Waals surface area contributed by atoms with Crippen molar-refractivity contribution in [2.24, 2.45) is 0 Å². The summed E-state index contributed by atoms with van der Waals surface area (Å²) in [7, 11) is 3.53. The second kappa shape index (κ2) is 9.98. The number of halogens is 4. The van der Waals surface area contributed by atoms with E-state index in [4.69, 9.17) is 11.6 Å². The SMILES string of the molecule is CN(C)c1nc2ccc(-n3c(OC(=O)C(F)(F)F)nc4cc(-c5ccc(Cl)cc5)sc4c3=O)cc2n1CCO. The molecule has 0 aliphatic heterocycles. The summed E-state index contributed by atoms with van der Waals surface area (Å²) >= 11 is 7.05. The molecule has 0 saturated carbocycles. The standard InChI is InChI=1S/C25H19ClF3N5O4S/c1-32(2)23-30-16-8-7-15(11-18(16)33(23)9-10-35)34-21(36)20-17(31-24(34)38-22(37)25(27,28)29)12-19(39-20)13-3-5-14(26)6-4-13/h3-8,11-12,35H,9-10H2,1-2H3. The van der Waals surface area contributed by atoms with Crippen LogP contribution in [0.2, 0.25) is 5.02 Å². The summed E-state index contributed by atoms with van der Waals surface area (Å²) in [6.45, 7) is -0.0357. The molecule has 2 aromatic carbocycles. The van der Waals surface area contributed by atoms with Gasteiger partial charge in [0.1, 0.15) is 4.70 Å². The summed E-state index contributed by atoms with van der Waals surface area (Å²) in [6.07, 6.45) is -5.31. The molecular weight excluding hydrogens is 559 g/mol. The summed E-state index contributed by atoms with van der Waals surface area (Å²) in [6, 6.07) is 12.0. The average Bonchev–Trinajstić information content (AvgIpc) is 3.46. The molecule has 3 heterocycles. The molecule has 0 amide bonds. The largest absolute Gasteiger partial charge is 0.491 e. The predicted octanol–water partition coefficient (Wildman–Crippen LogP) is 4.64. The Labute approximate surface area is 227 Å². The minimum atomic E-state index is -5.31. The summed E-state index contributed by atoms with van der Waals surface area (Å²) < 4.78 is 46.7. The molecule has 5 aromatic rings. The van der Waals surface area contributed by atoms with Crippen LogP contribution >= 0.6 is 22.9 Å². The second-order valence-electron chi connectivity index (χ2n) is 8.61. The van der Waals surface area contributed by atoms with Crippen molar-refractivity contribution in [1.82, 2.24) is 19.1 Å². The van der Waals surface area contributed by atoms with Gasteiger partial charge in [-0.25, -0.2) is 14.3 Å². The molecule has 0 radical (unpaired) electrons. The first kappa shape index (κ1) is 26.7. The fourth-order valence-electron chi connectivity index (χ4n) is 4.05. The van der Waals surface area contributed by atoms with Crippen LogP contribution in [0.3, 0.4) is 0 Å². The number of fused-ring (bicyclic) bond motifs is 2. The van der Waals surface area contributed by atoms with E-state index >= 15 is 0 Å². The highest BCUT2D eigenvalue weighted by Gasteiger charge is 2.42. The van der Waals surface area contributed by atoms with Gasteiger partial charge in [-0.05, 0) is 42.0 Å². The number of imidazole rings is 1. The summed E-state index contributed by atoms with van der Waals surface area (Å²) in [5, 5.41) is 10.1. The van der Waals surface area contributed by atoms with Crippen molar-refractivity contribution < 1.29 is 27.8 Å². The van der Waals surface area contributed by atoms with E-state index in [9.17, 15) is 27.9 Å². The molecule has 0 atom stereocenters. The molecule has 39 heavy (non-hydrogen) atoms. The Balaban J connectivity index is 1.75. The Morgan fingerprint density at radius 2 is 1.82 bits per heavy atom. The number of hydrogen-bond donors (Lipinski definition) is 1. The van der Waals surface area contributed by atoms with Gasteiger partial charge in [-0.2, -0.15) is 18.2 Å². The zero-order chi connectivity index (χ0) is 28.1. The molecule has 202 valence electrons. The highest BCUT2D eigenvalue weighted by atomic mass is 35.5. The molecule has 3 aromatic heterocycles. The number of aliphatic hydroxyl groups is 1. The minimum absolute atomic E-state index is 0.0671. The van der Waals surface area contributed by atoms with Crippen LogP contribution in [0.4, 0.5) is 19.1 Å². The van der Waals surface area contributed by atoms with E-state index in [0.717, 1.165) is 15.9 Å². The molecule has 1 N–H and O–H groups in total. The number of carbonyl (C=O) groups excluding carboxylic acids is 1. The van der Waals surface area contributed by atoms with Crippen LogP contribution in [-0.4, -0.2) is 57.1 Å². The number of thiophene rings is 1. The van der Waals surface area contributed by atoms with Crippen molar-refractivity contribution in [3.8, 4) is 22.1 Å². The van der Waals surface area contributed by atoms with Gasteiger partial charge >= 0.3 is 18.2 Å². The van der Waals surface area contributed by atoms with Gasteiger partial charge in [-0.3, -0.25) is 4.79 Å². The van der Waals surface area contributed by atoms with Crippen LogP contribution < -0.4 is 15.2 Å². The summed E-state index contributed by atoms with van der Waals surface area (Å²) in [5.74, 6) is -2.00. The quantitative estimate of drug-likeness (QED) is 0.293. The Morgan fingerprint density at radius 3 is 2.46 bits per heavy atom. The molecule has 14 heteroatoms. The predicted molar refractivity (Wildman–Crippen MR) is 142 cm³/mol. The van der Waals surface area contributed by atoms with Gasteiger partial charge in [-0.1, -0.05) is 23.7 Å². The summed E-state index contributed by atoms with van der Waals surface area (Å²) in [5.41, 5.74) is 1.17. The van der Waals surface area contributed by atoms with Crippen molar-refractivity contribution in [2.45, 2.75) is 12.7 Å². The van der Waals surface area contributed by atoms with Crippen LogP contribution in [0.15, 0.2) is 53.3 Å². The first-order valence-electron chi connectivity index (χ1n) is 11.4. The minimum Gasteiger partial charge on any atom is -0.395 e. The van der Waals surface area contributed by atoms with Crippen molar-refractivity contribution in [3.05, 3.63) is 63.9 Å². The topological polar surface area (TPSA) is 102 Å². The van der Waals surface area contributed by atoms with Gasteiger partial charge in [0.05, 0.1) is 28.8 Å². The molecule has 0 spiro atoms. The Kier molecular flexibility index (Phi) is 6.83. The molecular formula is C25H19ClF3N5O4S. The average molecular weight is 578 g/mol. The maximum Gasteiger partial charge on any atom is 0.491 e.